The van der Waals surface area contributed by atoms with E-state index in [9.17, 15) is 0 Å². The highest BCUT2D eigenvalue weighted by molar-refractivity contribution is 7.09. The fourth-order valence-electron chi connectivity index (χ4n) is 1.20. The van der Waals surface area contributed by atoms with Gasteiger partial charge >= 0.3 is 0 Å². The minimum absolute atomic E-state index is 0.360. The predicted octanol–water partition coefficient (Wildman–Crippen LogP) is 2.20. The molecule has 3 heteroatoms. The van der Waals surface area contributed by atoms with E-state index in [1.165, 1.54) is 11.4 Å². The van der Waals surface area contributed by atoms with Crippen LogP contribution in [0.4, 0.5) is 0 Å². The van der Waals surface area contributed by atoms with E-state index in [4.69, 9.17) is 5.73 Å². The van der Waals surface area contributed by atoms with Gasteiger partial charge in [0.2, 0.25) is 0 Å². The zero-order chi connectivity index (χ0) is 8.81. The second kappa shape index (κ2) is 5.27. The summed E-state index contributed by atoms with van der Waals surface area (Å²) in [5, 5.41) is 3.22. The van der Waals surface area contributed by atoms with Crippen LogP contribution in [0.15, 0.2) is 11.6 Å². The number of hydrogen-bond acceptors (Lipinski definition) is 3. The average Bonchev–Trinajstić information content (AvgIpc) is 2.53. The molecule has 1 aromatic heterocycles. The van der Waals surface area contributed by atoms with Gasteiger partial charge < -0.3 is 5.73 Å². The molecule has 1 heterocycles. The maximum atomic E-state index is 5.88. The molecule has 2 N–H and O–H groups in total. The molecule has 0 radical (unpaired) electrons. The van der Waals surface area contributed by atoms with Gasteiger partial charge in [0, 0.05) is 24.0 Å². The van der Waals surface area contributed by atoms with Crippen molar-refractivity contribution < 1.29 is 0 Å². The Morgan fingerprint density at radius 2 is 2.42 bits per heavy atom. The largest absolute Gasteiger partial charge is 0.328 e. The lowest BCUT2D eigenvalue weighted by atomic mass is 10.1. The highest BCUT2D eigenvalue weighted by Gasteiger charge is 2.02. The lowest BCUT2D eigenvalue weighted by molar-refractivity contribution is 0.560. The van der Waals surface area contributed by atoms with Crippen LogP contribution in [0.2, 0.25) is 0 Å². The first-order chi connectivity index (χ1) is 5.83. The summed E-state index contributed by atoms with van der Waals surface area (Å²) in [6.07, 6.45) is 6.27. The molecule has 0 fully saturated rings. The van der Waals surface area contributed by atoms with Crippen LogP contribution in [0.25, 0.3) is 0 Å². The third-order valence-corrected chi connectivity index (χ3v) is 2.71. The Balaban J connectivity index is 2.17. The molecule has 0 saturated carbocycles. The van der Waals surface area contributed by atoms with Gasteiger partial charge in [-0.05, 0) is 12.8 Å². The lowest BCUT2D eigenvalue weighted by Gasteiger charge is -2.07. The van der Waals surface area contributed by atoms with E-state index in [2.05, 4.69) is 11.9 Å². The molecule has 0 amide bonds. The van der Waals surface area contributed by atoms with Gasteiger partial charge in [0.1, 0.15) is 0 Å². The summed E-state index contributed by atoms with van der Waals surface area (Å²) < 4.78 is 0. The van der Waals surface area contributed by atoms with Gasteiger partial charge in [-0.1, -0.05) is 13.3 Å². The monoisotopic (exact) mass is 184 g/mol. The topological polar surface area (TPSA) is 38.9 Å². The Labute approximate surface area is 77.8 Å². The minimum atomic E-state index is 0.360. The summed E-state index contributed by atoms with van der Waals surface area (Å²) in [7, 11) is 0. The second-order valence-electron chi connectivity index (χ2n) is 3.01. The first kappa shape index (κ1) is 9.68. The van der Waals surface area contributed by atoms with Crippen molar-refractivity contribution in [3.63, 3.8) is 0 Å². The minimum Gasteiger partial charge on any atom is -0.328 e. The van der Waals surface area contributed by atoms with E-state index in [0.29, 0.717) is 6.04 Å². The van der Waals surface area contributed by atoms with Crippen molar-refractivity contribution in [2.75, 3.05) is 0 Å². The van der Waals surface area contributed by atoms with E-state index in [1.54, 1.807) is 11.3 Å². The van der Waals surface area contributed by atoms with Crippen molar-refractivity contribution in [3.8, 4) is 0 Å². The van der Waals surface area contributed by atoms with Gasteiger partial charge in [-0.15, -0.1) is 11.3 Å². The molecule has 0 aliphatic rings. The lowest BCUT2D eigenvalue weighted by Crippen LogP contribution is -2.19. The van der Waals surface area contributed by atoms with Crippen molar-refractivity contribution in [3.05, 3.63) is 16.6 Å². The van der Waals surface area contributed by atoms with Crippen molar-refractivity contribution in [1.29, 1.82) is 0 Å². The molecule has 1 aromatic rings. The summed E-state index contributed by atoms with van der Waals surface area (Å²) in [6, 6.07) is 0.360. The molecular weight excluding hydrogens is 168 g/mol. The summed E-state index contributed by atoms with van der Waals surface area (Å²) in [4.78, 5) is 4.21. The number of nitrogens with two attached hydrogens (primary N) is 1. The SMILES string of the molecule is CCCC(N)CCc1nccs1. The molecule has 1 atom stereocenters. The van der Waals surface area contributed by atoms with Crippen molar-refractivity contribution in [1.82, 2.24) is 4.98 Å². The quantitative estimate of drug-likeness (QED) is 0.762. The van der Waals surface area contributed by atoms with Gasteiger partial charge in [-0.3, -0.25) is 0 Å². The Morgan fingerprint density at radius 1 is 1.58 bits per heavy atom. The number of thiazole rings is 1. The van der Waals surface area contributed by atoms with Crippen LogP contribution in [0.3, 0.4) is 0 Å². The summed E-state index contributed by atoms with van der Waals surface area (Å²) in [5.41, 5.74) is 5.88. The average molecular weight is 184 g/mol. The predicted molar refractivity (Wildman–Crippen MR) is 53.3 cm³/mol. The van der Waals surface area contributed by atoms with E-state index < -0.39 is 0 Å². The Morgan fingerprint density at radius 3 is 3.00 bits per heavy atom. The van der Waals surface area contributed by atoms with Crippen LogP contribution in [-0.4, -0.2) is 11.0 Å². The zero-order valence-electron chi connectivity index (χ0n) is 7.49. The van der Waals surface area contributed by atoms with Gasteiger partial charge in [0.05, 0.1) is 5.01 Å². The highest BCUT2D eigenvalue weighted by atomic mass is 32.1. The Kier molecular flexibility index (Phi) is 4.25. The fourth-order valence-corrected chi connectivity index (χ4v) is 1.84. The van der Waals surface area contributed by atoms with Crippen LogP contribution in [-0.2, 0) is 6.42 Å². The van der Waals surface area contributed by atoms with Gasteiger partial charge in [-0.25, -0.2) is 4.98 Å². The van der Waals surface area contributed by atoms with Gasteiger partial charge in [0.25, 0.3) is 0 Å². The van der Waals surface area contributed by atoms with Gasteiger partial charge in [0.15, 0.2) is 0 Å². The molecule has 12 heavy (non-hydrogen) atoms. The normalized spacial score (nSPS) is 13.2. The maximum absolute atomic E-state index is 5.88. The van der Waals surface area contributed by atoms with E-state index in [-0.39, 0.29) is 0 Å². The molecule has 2 nitrogen and oxygen atoms in total. The zero-order valence-corrected chi connectivity index (χ0v) is 8.31. The fraction of sp³-hybridized carbons (Fsp3) is 0.667. The third kappa shape index (κ3) is 3.32. The smallest absolute Gasteiger partial charge is 0.0925 e. The molecule has 0 aromatic carbocycles. The van der Waals surface area contributed by atoms with Gasteiger partial charge in [-0.2, -0.15) is 0 Å². The van der Waals surface area contributed by atoms with E-state index >= 15 is 0 Å². The number of aromatic nitrogens is 1. The van der Waals surface area contributed by atoms with Crippen molar-refractivity contribution >= 4 is 11.3 Å². The molecule has 68 valence electrons. The van der Waals surface area contributed by atoms with Crippen LogP contribution in [0, 0.1) is 0 Å². The summed E-state index contributed by atoms with van der Waals surface area (Å²) in [6.45, 7) is 2.17. The van der Waals surface area contributed by atoms with Crippen LogP contribution in [0.1, 0.15) is 31.2 Å². The molecule has 0 saturated heterocycles. The summed E-state index contributed by atoms with van der Waals surface area (Å²) in [5.74, 6) is 0. The molecule has 0 aliphatic heterocycles. The Hall–Kier alpha value is -0.410. The van der Waals surface area contributed by atoms with E-state index in [1.807, 2.05) is 11.6 Å². The van der Waals surface area contributed by atoms with Crippen LogP contribution >= 0.6 is 11.3 Å². The maximum Gasteiger partial charge on any atom is 0.0925 e. The molecule has 1 unspecified atom stereocenters. The number of aryl methyl sites for hydroxylation is 1. The number of hydrogen-bond donors (Lipinski definition) is 1. The number of nitrogens with zero attached hydrogens (tertiary/aromatic N) is 1. The van der Waals surface area contributed by atoms with Crippen LogP contribution < -0.4 is 5.73 Å². The highest BCUT2D eigenvalue weighted by Crippen LogP contribution is 2.09. The Bertz CT molecular complexity index is 196. The third-order valence-electron chi connectivity index (χ3n) is 1.87. The molecule has 0 aliphatic carbocycles. The first-order valence-corrected chi connectivity index (χ1v) is 5.35. The van der Waals surface area contributed by atoms with Crippen molar-refractivity contribution in [2.45, 2.75) is 38.6 Å². The molecular formula is C9H16N2S. The van der Waals surface area contributed by atoms with Crippen LogP contribution in [0.5, 0.6) is 0 Å². The van der Waals surface area contributed by atoms with Crippen molar-refractivity contribution in [2.24, 2.45) is 5.73 Å². The van der Waals surface area contributed by atoms with E-state index in [0.717, 1.165) is 19.3 Å². The molecule has 0 spiro atoms. The molecule has 0 bridgehead atoms. The molecule has 1 rings (SSSR count). The standard InChI is InChI=1S/C9H16N2S/c1-2-3-8(10)4-5-9-11-6-7-12-9/h6-8H,2-5,10H2,1H3. The number of rotatable bonds is 5. The summed E-state index contributed by atoms with van der Waals surface area (Å²) >= 11 is 1.72. The second-order valence-corrected chi connectivity index (χ2v) is 3.99. The first-order valence-electron chi connectivity index (χ1n) is 4.47.